The number of benzene rings is 1. The number of rotatable bonds is 3. The molecule has 0 aliphatic carbocycles. The zero-order chi connectivity index (χ0) is 11.5. The molecular weight excluding hydrogens is 229 g/mol. The molecule has 1 aromatic carbocycles. The molecule has 88 valence electrons. The molecule has 0 radical (unpaired) electrons. The Bertz CT molecular complexity index is 366. The van der Waals surface area contributed by atoms with E-state index in [-0.39, 0.29) is 11.9 Å². The lowest BCUT2D eigenvalue weighted by Gasteiger charge is -2.18. The molecule has 2 N–H and O–H groups in total. The first-order valence-electron chi connectivity index (χ1n) is 5.52. The summed E-state index contributed by atoms with van der Waals surface area (Å²) < 4.78 is 13.0. The highest BCUT2D eigenvalue weighted by atomic mass is 35.5. The number of aliphatic hydroxyl groups excluding tert-OH is 1. The van der Waals surface area contributed by atoms with Crippen LogP contribution in [0, 0.1) is 5.82 Å². The molecule has 2 atom stereocenters. The highest BCUT2D eigenvalue weighted by Crippen LogP contribution is 2.21. The molecule has 1 saturated heterocycles. The normalized spacial score (nSPS) is 22.3. The van der Waals surface area contributed by atoms with Crippen molar-refractivity contribution in [1.29, 1.82) is 0 Å². The number of aliphatic hydroxyl groups is 1. The van der Waals surface area contributed by atoms with Crippen molar-refractivity contribution in [2.75, 3.05) is 6.54 Å². The van der Waals surface area contributed by atoms with E-state index in [1.54, 1.807) is 0 Å². The van der Waals surface area contributed by atoms with Gasteiger partial charge in [0.05, 0.1) is 6.10 Å². The molecule has 1 heterocycles. The molecule has 1 aliphatic rings. The summed E-state index contributed by atoms with van der Waals surface area (Å²) in [6.45, 7) is 0.943. The molecule has 2 unspecified atom stereocenters. The van der Waals surface area contributed by atoms with Gasteiger partial charge in [-0.25, -0.2) is 4.39 Å². The summed E-state index contributed by atoms with van der Waals surface area (Å²) in [4.78, 5) is 0. The lowest BCUT2D eigenvalue weighted by atomic mass is 10.0. The standard InChI is InChI=1S/C12H15ClFNO/c13-10-4-3-9(14)6-8(10)7-12(16)11-2-1-5-15-11/h3-4,6,11-12,15-16H,1-2,5,7H2. The highest BCUT2D eigenvalue weighted by molar-refractivity contribution is 6.31. The topological polar surface area (TPSA) is 32.3 Å². The SMILES string of the molecule is OC(Cc1cc(F)ccc1Cl)C1CCCN1. The third kappa shape index (κ3) is 2.73. The van der Waals surface area contributed by atoms with E-state index in [0.717, 1.165) is 19.4 Å². The fourth-order valence-corrected chi connectivity index (χ4v) is 2.30. The van der Waals surface area contributed by atoms with Gasteiger partial charge in [-0.15, -0.1) is 0 Å². The average molecular weight is 244 g/mol. The smallest absolute Gasteiger partial charge is 0.123 e. The van der Waals surface area contributed by atoms with Crippen LogP contribution in [0.5, 0.6) is 0 Å². The van der Waals surface area contributed by atoms with E-state index in [2.05, 4.69) is 5.32 Å². The summed E-state index contributed by atoms with van der Waals surface area (Å²) in [5.41, 5.74) is 0.669. The van der Waals surface area contributed by atoms with Crippen molar-refractivity contribution in [3.05, 3.63) is 34.6 Å². The predicted molar refractivity (Wildman–Crippen MR) is 62.1 cm³/mol. The van der Waals surface area contributed by atoms with E-state index in [0.29, 0.717) is 17.0 Å². The summed E-state index contributed by atoms with van der Waals surface area (Å²) in [6, 6.07) is 4.35. The summed E-state index contributed by atoms with van der Waals surface area (Å²) in [5, 5.41) is 13.7. The molecule has 1 fully saturated rings. The van der Waals surface area contributed by atoms with E-state index in [4.69, 9.17) is 11.6 Å². The van der Waals surface area contributed by atoms with Crippen LogP contribution in [0.15, 0.2) is 18.2 Å². The molecule has 0 bridgehead atoms. The zero-order valence-electron chi connectivity index (χ0n) is 8.92. The zero-order valence-corrected chi connectivity index (χ0v) is 9.67. The molecule has 0 saturated carbocycles. The molecular formula is C12H15ClFNO. The largest absolute Gasteiger partial charge is 0.391 e. The van der Waals surface area contributed by atoms with Gasteiger partial charge in [-0.1, -0.05) is 11.6 Å². The summed E-state index contributed by atoms with van der Waals surface area (Å²) in [6.07, 6.45) is 1.95. The lowest BCUT2D eigenvalue weighted by molar-refractivity contribution is 0.136. The van der Waals surface area contributed by atoms with Crippen molar-refractivity contribution in [3.63, 3.8) is 0 Å². The van der Waals surface area contributed by atoms with Gasteiger partial charge in [-0.2, -0.15) is 0 Å². The van der Waals surface area contributed by atoms with Gasteiger partial charge in [0.25, 0.3) is 0 Å². The average Bonchev–Trinajstić information content (AvgIpc) is 2.76. The van der Waals surface area contributed by atoms with Gasteiger partial charge in [0, 0.05) is 17.5 Å². The van der Waals surface area contributed by atoms with E-state index in [9.17, 15) is 9.50 Å². The molecule has 1 aliphatic heterocycles. The maximum absolute atomic E-state index is 13.0. The first-order chi connectivity index (χ1) is 7.66. The molecule has 2 nitrogen and oxygen atoms in total. The second-order valence-electron chi connectivity index (χ2n) is 4.21. The van der Waals surface area contributed by atoms with Gasteiger partial charge in [-0.05, 0) is 43.1 Å². The third-order valence-corrected chi connectivity index (χ3v) is 3.37. The van der Waals surface area contributed by atoms with E-state index < -0.39 is 6.10 Å². The van der Waals surface area contributed by atoms with Crippen LogP contribution in [0.1, 0.15) is 18.4 Å². The van der Waals surface area contributed by atoms with Gasteiger partial charge in [0.15, 0.2) is 0 Å². The fraction of sp³-hybridized carbons (Fsp3) is 0.500. The van der Waals surface area contributed by atoms with Gasteiger partial charge in [0.2, 0.25) is 0 Å². The Hall–Kier alpha value is -0.640. The van der Waals surface area contributed by atoms with Crippen molar-refractivity contribution in [2.45, 2.75) is 31.4 Å². The van der Waals surface area contributed by atoms with Crippen LogP contribution >= 0.6 is 11.6 Å². The molecule has 2 rings (SSSR count). The summed E-state index contributed by atoms with van der Waals surface area (Å²) in [5.74, 6) is -0.314. The maximum atomic E-state index is 13.0. The van der Waals surface area contributed by atoms with Crippen molar-refractivity contribution in [1.82, 2.24) is 5.32 Å². The molecule has 0 aromatic heterocycles. The number of hydrogen-bond donors (Lipinski definition) is 2. The van der Waals surface area contributed by atoms with Crippen LogP contribution in [-0.2, 0) is 6.42 Å². The minimum absolute atomic E-state index is 0.110. The Labute approximate surface area is 99.4 Å². The van der Waals surface area contributed by atoms with E-state index in [1.807, 2.05) is 0 Å². The highest BCUT2D eigenvalue weighted by Gasteiger charge is 2.23. The quantitative estimate of drug-likeness (QED) is 0.853. The molecule has 0 spiro atoms. The van der Waals surface area contributed by atoms with Gasteiger partial charge in [0.1, 0.15) is 5.82 Å². The first kappa shape index (κ1) is 11.8. The molecule has 0 amide bonds. The Kier molecular flexibility index (Phi) is 3.79. The first-order valence-corrected chi connectivity index (χ1v) is 5.90. The summed E-state index contributed by atoms with van der Waals surface area (Å²) in [7, 11) is 0. The van der Waals surface area contributed by atoms with Crippen molar-refractivity contribution in [3.8, 4) is 0 Å². The van der Waals surface area contributed by atoms with Gasteiger partial charge >= 0.3 is 0 Å². The number of halogens is 2. The Morgan fingerprint density at radius 3 is 3.06 bits per heavy atom. The minimum Gasteiger partial charge on any atom is -0.391 e. The summed E-state index contributed by atoms with van der Waals surface area (Å²) >= 11 is 5.95. The third-order valence-electron chi connectivity index (χ3n) is 3.00. The monoisotopic (exact) mass is 243 g/mol. The van der Waals surface area contributed by atoms with Crippen molar-refractivity contribution >= 4 is 11.6 Å². The van der Waals surface area contributed by atoms with Gasteiger partial charge < -0.3 is 10.4 Å². The predicted octanol–water partition coefficient (Wildman–Crippen LogP) is 2.13. The molecule has 16 heavy (non-hydrogen) atoms. The van der Waals surface area contributed by atoms with Crippen LogP contribution in [0.2, 0.25) is 5.02 Å². The minimum atomic E-state index is -0.498. The fourth-order valence-electron chi connectivity index (χ4n) is 2.11. The van der Waals surface area contributed by atoms with Crippen LogP contribution in [-0.4, -0.2) is 23.8 Å². The van der Waals surface area contributed by atoms with Crippen LogP contribution in [0.25, 0.3) is 0 Å². The van der Waals surface area contributed by atoms with Crippen molar-refractivity contribution in [2.24, 2.45) is 0 Å². The maximum Gasteiger partial charge on any atom is 0.123 e. The van der Waals surface area contributed by atoms with Gasteiger partial charge in [-0.3, -0.25) is 0 Å². The molecule has 4 heteroatoms. The van der Waals surface area contributed by atoms with Crippen LogP contribution in [0.4, 0.5) is 4.39 Å². The Morgan fingerprint density at radius 1 is 1.56 bits per heavy atom. The van der Waals surface area contributed by atoms with Crippen LogP contribution in [0.3, 0.4) is 0 Å². The second-order valence-corrected chi connectivity index (χ2v) is 4.62. The van der Waals surface area contributed by atoms with E-state index >= 15 is 0 Å². The number of hydrogen-bond acceptors (Lipinski definition) is 2. The Balaban J connectivity index is 2.04. The van der Waals surface area contributed by atoms with E-state index in [1.165, 1.54) is 18.2 Å². The molecule has 1 aromatic rings. The Morgan fingerprint density at radius 2 is 2.38 bits per heavy atom. The van der Waals surface area contributed by atoms with Crippen LogP contribution < -0.4 is 5.32 Å². The number of nitrogens with one attached hydrogen (secondary N) is 1. The second kappa shape index (κ2) is 5.13. The lowest BCUT2D eigenvalue weighted by Crippen LogP contribution is -2.36. The van der Waals surface area contributed by atoms with Crippen molar-refractivity contribution < 1.29 is 9.50 Å².